The van der Waals surface area contributed by atoms with Gasteiger partial charge in [-0.25, -0.2) is 8.42 Å². The van der Waals surface area contributed by atoms with E-state index in [1.165, 1.54) is 12.1 Å². The van der Waals surface area contributed by atoms with Gasteiger partial charge in [-0.05, 0) is 55.3 Å². The highest BCUT2D eigenvalue weighted by Crippen LogP contribution is 2.20. The molecule has 0 heterocycles. The summed E-state index contributed by atoms with van der Waals surface area (Å²) in [5.41, 5.74) is 2.56. The fraction of sp³-hybridized carbons (Fsp3) is 0.143. The van der Waals surface area contributed by atoms with Crippen LogP contribution in [0.2, 0.25) is 5.02 Å². The highest BCUT2D eigenvalue weighted by Gasteiger charge is 2.14. The van der Waals surface area contributed by atoms with Gasteiger partial charge in [0.2, 0.25) is 0 Å². The van der Waals surface area contributed by atoms with Gasteiger partial charge in [0, 0.05) is 10.7 Å². The second kappa shape index (κ2) is 5.23. The number of sulfonamides is 1. The summed E-state index contributed by atoms with van der Waals surface area (Å²) in [4.78, 5) is 0.152. The molecule has 0 saturated heterocycles. The van der Waals surface area contributed by atoms with Gasteiger partial charge in [0.05, 0.1) is 4.90 Å². The van der Waals surface area contributed by atoms with Gasteiger partial charge in [-0.3, -0.25) is 4.72 Å². The Morgan fingerprint density at radius 3 is 2.21 bits per heavy atom. The Morgan fingerprint density at radius 1 is 1.00 bits per heavy atom. The van der Waals surface area contributed by atoms with Gasteiger partial charge in [0.25, 0.3) is 10.0 Å². The zero-order chi connectivity index (χ0) is 14.0. The summed E-state index contributed by atoms with van der Waals surface area (Å²) in [6.07, 6.45) is 0. The maximum absolute atomic E-state index is 12.2. The monoisotopic (exact) mass is 295 g/mol. The van der Waals surface area contributed by atoms with Crippen LogP contribution in [-0.2, 0) is 10.0 Å². The molecule has 2 aromatic rings. The third-order valence-electron chi connectivity index (χ3n) is 2.58. The SMILES string of the molecule is Cc1cc(C)cc(NS(=O)(=O)c2cccc(Cl)c2)c1. The lowest BCUT2D eigenvalue weighted by molar-refractivity contribution is 0.601. The van der Waals surface area contributed by atoms with Crippen LogP contribution in [0.5, 0.6) is 0 Å². The molecular weight excluding hydrogens is 282 g/mol. The first-order chi connectivity index (χ1) is 8.87. The molecule has 0 aliphatic carbocycles. The fourth-order valence-corrected chi connectivity index (χ4v) is 3.22. The molecule has 1 N–H and O–H groups in total. The van der Waals surface area contributed by atoms with Crippen molar-refractivity contribution in [1.82, 2.24) is 0 Å². The van der Waals surface area contributed by atoms with Gasteiger partial charge in [-0.2, -0.15) is 0 Å². The highest BCUT2D eigenvalue weighted by molar-refractivity contribution is 7.92. The first-order valence-electron chi connectivity index (χ1n) is 5.73. The van der Waals surface area contributed by atoms with Crippen molar-refractivity contribution in [3.63, 3.8) is 0 Å². The van der Waals surface area contributed by atoms with Crippen LogP contribution >= 0.6 is 11.6 Å². The first kappa shape index (κ1) is 13.9. The van der Waals surface area contributed by atoms with E-state index in [2.05, 4.69) is 4.72 Å². The van der Waals surface area contributed by atoms with Gasteiger partial charge in [-0.1, -0.05) is 23.7 Å². The van der Waals surface area contributed by atoms with Crippen molar-refractivity contribution in [2.75, 3.05) is 4.72 Å². The maximum atomic E-state index is 12.2. The summed E-state index contributed by atoms with van der Waals surface area (Å²) >= 11 is 5.81. The summed E-state index contributed by atoms with van der Waals surface area (Å²) in [5, 5.41) is 0.392. The molecule has 19 heavy (non-hydrogen) atoms. The molecule has 0 spiro atoms. The second-order valence-corrected chi connectivity index (χ2v) is 6.56. The van der Waals surface area contributed by atoms with Crippen molar-refractivity contribution in [1.29, 1.82) is 0 Å². The largest absolute Gasteiger partial charge is 0.280 e. The molecule has 0 aliphatic rings. The van der Waals surface area contributed by atoms with Crippen molar-refractivity contribution in [3.05, 3.63) is 58.6 Å². The summed E-state index contributed by atoms with van der Waals surface area (Å²) in [6.45, 7) is 3.84. The number of hydrogen-bond donors (Lipinski definition) is 1. The number of halogens is 1. The summed E-state index contributed by atoms with van der Waals surface area (Å²) in [6, 6.07) is 11.7. The Morgan fingerprint density at radius 2 is 1.63 bits per heavy atom. The average molecular weight is 296 g/mol. The van der Waals surface area contributed by atoms with E-state index >= 15 is 0 Å². The van der Waals surface area contributed by atoms with Crippen molar-refractivity contribution >= 4 is 27.3 Å². The Bertz CT molecular complexity index is 691. The predicted molar refractivity (Wildman–Crippen MR) is 78.2 cm³/mol. The smallest absolute Gasteiger partial charge is 0.261 e. The molecule has 2 aromatic carbocycles. The molecule has 3 nitrogen and oxygen atoms in total. The number of anilines is 1. The van der Waals surface area contributed by atoms with E-state index in [1.54, 1.807) is 24.3 Å². The minimum atomic E-state index is -3.60. The number of nitrogens with one attached hydrogen (secondary N) is 1. The van der Waals surface area contributed by atoms with Crippen molar-refractivity contribution in [2.45, 2.75) is 18.7 Å². The Kier molecular flexibility index (Phi) is 3.83. The van der Waals surface area contributed by atoms with Gasteiger partial charge in [0.1, 0.15) is 0 Å². The number of rotatable bonds is 3. The molecule has 0 bridgehead atoms. The van der Waals surface area contributed by atoms with Crippen molar-refractivity contribution in [3.8, 4) is 0 Å². The molecule has 0 aromatic heterocycles. The highest BCUT2D eigenvalue weighted by atomic mass is 35.5. The molecule has 0 unspecified atom stereocenters. The molecule has 0 aliphatic heterocycles. The number of benzene rings is 2. The predicted octanol–water partition coefficient (Wildman–Crippen LogP) is 3.76. The molecular formula is C14H14ClNO2S. The van der Waals surface area contributed by atoms with E-state index in [0.29, 0.717) is 10.7 Å². The van der Waals surface area contributed by atoms with Gasteiger partial charge in [-0.15, -0.1) is 0 Å². The van der Waals surface area contributed by atoms with Crippen LogP contribution in [0.15, 0.2) is 47.4 Å². The van der Waals surface area contributed by atoms with Crippen molar-refractivity contribution < 1.29 is 8.42 Å². The Hall–Kier alpha value is -1.52. The second-order valence-electron chi connectivity index (χ2n) is 4.44. The molecule has 0 amide bonds. The third kappa shape index (κ3) is 3.49. The third-order valence-corrected chi connectivity index (χ3v) is 4.19. The van der Waals surface area contributed by atoms with Crippen LogP contribution in [0.1, 0.15) is 11.1 Å². The minimum absolute atomic E-state index is 0.152. The van der Waals surface area contributed by atoms with Gasteiger partial charge < -0.3 is 0 Å². The summed E-state index contributed by atoms with van der Waals surface area (Å²) < 4.78 is 27.0. The number of hydrogen-bond acceptors (Lipinski definition) is 2. The Balaban J connectivity index is 2.36. The zero-order valence-electron chi connectivity index (χ0n) is 10.6. The average Bonchev–Trinajstić information content (AvgIpc) is 2.26. The van der Waals surface area contributed by atoms with Crippen LogP contribution in [0.3, 0.4) is 0 Å². The first-order valence-corrected chi connectivity index (χ1v) is 7.60. The zero-order valence-corrected chi connectivity index (χ0v) is 12.2. The van der Waals surface area contributed by atoms with Gasteiger partial charge >= 0.3 is 0 Å². The fourth-order valence-electron chi connectivity index (χ4n) is 1.88. The van der Waals surface area contributed by atoms with E-state index in [9.17, 15) is 8.42 Å². The van der Waals surface area contributed by atoms with E-state index in [1.807, 2.05) is 19.9 Å². The van der Waals surface area contributed by atoms with E-state index in [4.69, 9.17) is 11.6 Å². The van der Waals surface area contributed by atoms with Crippen LogP contribution < -0.4 is 4.72 Å². The molecule has 0 atom stereocenters. The van der Waals surface area contributed by atoms with E-state index < -0.39 is 10.0 Å². The van der Waals surface area contributed by atoms with Crippen molar-refractivity contribution in [2.24, 2.45) is 0 Å². The van der Waals surface area contributed by atoms with E-state index in [0.717, 1.165) is 11.1 Å². The molecule has 0 radical (unpaired) electrons. The van der Waals surface area contributed by atoms with Gasteiger partial charge in [0.15, 0.2) is 0 Å². The Labute approximate surface area is 118 Å². The molecule has 2 rings (SSSR count). The molecule has 5 heteroatoms. The maximum Gasteiger partial charge on any atom is 0.261 e. The summed E-state index contributed by atoms with van der Waals surface area (Å²) in [5.74, 6) is 0. The summed E-state index contributed by atoms with van der Waals surface area (Å²) in [7, 11) is -3.60. The minimum Gasteiger partial charge on any atom is -0.280 e. The van der Waals surface area contributed by atoms with Crippen LogP contribution in [0.4, 0.5) is 5.69 Å². The normalized spacial score (nSPS) is 11.3. The van der Waals surface area contributed by atoms with Crippen LogP contribution in [0.25, 0.3) is 0 Å². The van der Waals surface area contributed by atoms with E-state index in [-0.39, 0.29) is 4.90 Å². The lowest BCUT2D eigenvalue weighted by Crippen LogP contribution is -2.13. The molecule has 100 valence electrons. The molecule has 0 saturated carbocycles. The quantitative estimate of drug-likeness (QED) is 0.937. The topological polar surface area (TPSA) is 46.2 Å². The molecule has 0 fully saturated rings. The standard InChI is InChI=1S/C14H14ClNO2S/c1-10-6-11(2)8-13(7-10)16-19(17,18)14-5-3-4-12(15)9-14/h3-9,16H,1-2H3. The van der Waals surface area contributed by atoms with Crippen LogP contribution in [-0.4, -0.2) is 8.42 Å². The lowest BCUT2D eigenvalue weighted by atomic mass is 10.1. The lowest BCUT2D eigenvalue weighted by Gasteiger charge is -2.10. The number of aryl methyl sites for hydroxylation is 2. The van der Waals surface area contributed by atoms with Crippen LogP contribution in [0, 0.1) is 13.8 Å².